The molecule has 1 aliphatic rings. The highest BCUT2D eigenvalue weighted by molar-refractivity contribution is 5.65. The Bertz CT molecular complexity index is 371. The maximum absolute atomic E-state index is 11.0. The molecule has 0 bridgehead atoms. The van der Waals surface area contributed by atoms with Crippen LogP contribution in [0.3, 0.4) is 0 Å². The van der Waals surface area contributed by atoms with Crippen molar-refractivity contribution in [3.63, 3.8) is 0 Å². The minimum atomic E-state index is -0.201. The Balaban J connectivity index is 2.08. The van der Waals surface area contributed by atoms with Crippen LogP contribution < -0.4 is 0 Å². The fourth-order valence-electron chi connectivity index (χ4n) is 2.51. The maximum Gasteiger partial charge on any atom is 0.302 e. The third-order valence-corrected chi connectivity index (χ3v) is 3.46. The van der Waals surface area contributed by atoms with Crippen molar-refractivity contribution in [2.45, 2.75) is 32.2 Å². The predicted octanol–water partition coefficient (Wildman–Crippen LogP) is 2.78. The second kappa shape index (κ2) is 6.55. The molecule has 3 nitrogen and oxygen atoms in total. The quantitative estimate of drug-likeness (QED) is 0.766. The molecule has 0 amide bonds. The molecular weight excluding hydrogens is 226 g/mol. The van der Waals surface area contributed by atoms with Crippen LogP contribution in [0.25, 0.3) is 0 Å². The Labute approximate surface area is 109 Å². The fourth-order valence-corrected chi connectivity index (χ4v) is 2.51. The van der Waals surface area contributed by atoms with E-state index in [1.807, 2.05) is 18.2 Å². The third-order valence-electron chi connectivity index (χ3n) is 3.46. The second-order valence-electron chi connectivity index (χ2n) is 4.83. The van der Waals surface area contributed by atoms with E-state index in [9.17, 15) is 4.79 Å². The zero-order valence-corrected chi connectivity index (χ0v) is 11.0. The van der Waals surface area contributed by atoms with Gasteiger partial charge in [0.15, 0.2) is 0 Å². The molecule has 1 aliphatic heterocycles. The Hall–Kier alpha value is -1.35. The molecule has 1 heterocycles. The summed E-state index contributed by atoms with van der Waals surface area (Å²) in [6.45, 7) is 4.12. The minimum absolute atomic E-state index is 0.201. The van der Waals surface area contributed by atoms with Crippen LogP contribution in [0.4, 0.5) is 0 Å². The van der Waals surface area contributed by atoms with Gasteiger partial charge in [-0.05, 0) is 31.5 Å². The van der Waals surface area contributed by atoms with Crippen molar-refractivity contribution in [1.82, 2.24) is 4.90 Å². The molecule has 1 aromatic carbocycles. The number of ether oxygens (including phenoxy) is 1. The van der Waals surface area contributed by atoms with E-state index >= 15 is 0 Å². The summed E-state index contributed by atoms with van der Waals surface area (Å²) in [6.07, 6.45) is 3.79. The first-order chi connectivity index (χ1) is 8.77. The summed E-state index contributed by atoms with van der Waals surface area (Å²) >= 11 is 0. The van der Waals surface area contributed by atoms with Crippen LogP contribution in [0.15, 0.2) is 30.3 Å². The van der Waals surface area contributed by atoms with Crippen molar-refractivity contribution in [1.29, 1.82) is 0 Å². The molecule has 1 fully saturated rings. The molecule has 0 radical (unpaired) electrons. The molecule has 1 saturated heterocycles. The normalized spacial score (nSPS) is 18.3. The lowest BCUT2D eigenvalue weighted by molar-refractivity contribution is -0.143. The zero-order valence-electron chi connectivity index (χ0n) is 11.0. The molecule has 1 aromatic rings. The molecule has 2 rings (SSSR count). The zero-order chi connectivity index (χ0) is 12.8. The van der Waals surface area contributed by atoms with E-state index in [0.29, 0.717) is 6.61 Å². The lowest BCUT2D eigenvalue weighted by atomic mass is 10.0. The molecule has 0 N–H and O–H groups in total. The Morgan fingerprint density at radius 1 is 1.22 bits per heavy atom. The van der Waals surface area contributed by atoms with E-state index in [0.717, 1.165) is 13.1 Å². The SMILES string of the molecule is CC(=O)OC[C@@H](c1ccccc1)N1CCCCC1. The second-order valence-corrected chi connectivity index (χ2v) is 4.83. The number of likely N-dealkylation sites (tertiary alicyclic amines) is 1. The summed E-state index contributed by atoms with van der Waals surface area (Å²) in [7, 11) is 0. The van der Waals surface area contributed by atoms with Gasteiger partial charge < -0.3 is 4.74 Å². The van der Waals surface area contributed by atoms with Crippen LogP contribution in [0.5, 0.6) is 0 Å². The largest absolute Gasteiger partial charge is 0.464 e. The van der Waals surface area contributed by atoms with E-state index in [1.54, 1.807) is 0 Å². The summed E-state index contributed by atoms with van der Waals surface area (Å²) in [4.78, 5) is 13.5. The van der Waals surface area contributed by atoms with E-state index < -0.39 is 0 Å². The van der Waals surface area contributed by atoms with E-state index in [4.69, 9.17) is 4.74 Å². The van der Waals surface area contributed by atoms with Crippen LogP contribution in [-0.2, 0) is 9.53 Å². The average molecular weight is 247 g/mol. The van der Waals surface area contributed by atoms with Gasteiger partial charge in [-0.3, -0.25) is 9.69 Å². The number of piperidine rings is 1. The van der Waals surface area contributed by atoms with E-state index in [2.05, 4.69) is 17.0 Å². The smallest absolute Gasteiger partial charge is 0.302 e. The number of carbonyl (C=O) groups excluding carboxylic acids is 1. The van der Waals surface area contributed by atoms with Crippen molar-refractivity contribution < 1.29 is 9.53 Å². The fraction of sp³-hybridized carbons (Fsp3) is 0.533. The Morgan fingerprint density at radius 2 is 1.89 bits per heavy atom. The highest BCUT2D eigenvalue weighted by atomic mass is 16.5. The van der Waals surface area contributed by atoms with Crippen LogP contribution in [0, 0.1) is 0 Å². The van der Waals surface area contributed by atoms with Crippen LogP contribution in [0.2, 0.25) is 0 Å². The van der Waals surface area contributed by atoms with Crippen molar-refractivity contribution >= 4 is 5.97 Å². The molecule has 0 saturated carbocycles. The van der Waals surface area contributed by atoms with Gasteiger partial charge in [-0.2, -0.15) is 0 Å². The van der Waals surface area contributed by atoms with Gasteiger partial charge >= 0.3 is 5.97 Å². The summed E-state index contributed by atoms with van der Waals surface area (Å²) < 4.78 is 5.23. The van der Waals surface area contributed by atoms with Crippen molar-refractivity contribution in [2.24, 2.45) is 0 Å². The van der Waals surface area contributed by atoms with Crippen molar-refractivity contribution in [3.8, 4) is 0 Å². The number of carbonyl (C=O) groups is 1. The number of hydrogen-bond donors (Lipinski definition) is 0. The average Bonchev–Trinajstić information content (AvgIpc) is 2.41. The summed E-state index contributed by atoms with van der Waals surface area (Å²) in [5.74, 6) is -0.201. The van der Waals surface area contributed by atoms with Gasteiger partial charge in [0.25, 0.3) is 0 Å². The summed E-state index contributed by atoms with van der Waals surface area (Å²) in [5, 5.41) is 0. The van der Waals surface area contributed by atoms with Crippen molar-refractivity contribution in [3.05, 3.63) is 35.9 Å². The van der Waals surface area contributed by atoms with Gasteiger partial charge in [-0.1, -0.05) is 36.8 Å². The number of rotatable bonds is 4. The standard InChI is InChI=1S/C15H21NO2/c1-13(17)18-12-15(14-8-4-2-5-9-14)16-10-6-3-7-11-16/h2,4-5,8-9,15H,3,6-7,10-12H2,1H3/t15-/m0/s1. The highest BCUT2D eigenvalue weighted by Gasteiger charge is 2.23. The van der Waals surface area contributed by atoms with Gasteiger partial charge in [-0.15, -0.1) is 0 Å². The first-order valence-corrected chi connectivity index (χ1v) is 6.70. The Morgan fingerprint density at radius 3 is 2.50 bits per heavy atom. The summed E-state index contributed by atoms with van der Waals surface area (Å²) in [5.41, 5.74) is 1.24. The highest BCUT2D eigenvalue weighted by Crippen LogP contribution is 2.24. The first-order valence-electron chi connectivity index (χ1n) is 6.70. The van der Waals surface area contributed by atoms with Crippen LogP contribution >= 0.6 is 0 Å². The van der Waals surface area contributed by atoms with Gasteiger partial charge in [0.1, 0.15) is 6.61 Å². The van der Waals surface area contributed by atoms with Crippen molar-refractivity contribution in [2.75, 3.05) is 19.7 Å². The molecule has 0 aromatic heterocycles. The Kier molecular flexibility index (Phi) is 4.76. The minimum Gasteiger partial charge on any atom is -0.464 e. The summed E-state index contributed by atoms with van der Waals surface area (Å²) in [6, 6.07) is 10.5. The van der Waals surface area contributed by atoms with Crippen LogP contribution in [0.1, 0.15) is 37.8 Å². The lowest BCUT2D eigenvalue weighted by Crippen LogP contribution is -2.36. The molecule has 3 heteroatoms. The topological polar surface area (TPSA) is 29.5 Å². The van der Waals surface area contributed by atoms with Crippen LogP contribution in [-0.4, -0.2) is 30.6 Å². The first kappa shape index (κ1) is 13.1. The molecule has 1 atom stereocenters. The lowest BCUT2D eigenvalue weighted by Gasteiger charge is -2.34. The molecular formula is C15H21NO2. The monoisotopic (exact) mass is 247 g/mol. The number of nitrogens with zero attached hydrogens (tertiary/aromatic N) is 1. The number of esters is 1. The van der Waals surface area contributed by atoms with Gasteiger partial charge in [0.2, 0.25) is 0 Å². The van der Waals surface area contributed by atoms with Gasteiger partial charge in [-0.25, -0.2) is 0 Å². The number of hydrogen-bond acceptors (Lipinski definition) is 3. The van der Waals surface area contributed by atoms with E-state index in [1.165, 1.54) is 31.7 Å². The maximum atomic E-state index is 11.0. The van der Waals surface area contributed by atoms with Gasteiger partial charge in [0.05, 0.1) is 6.04 Å². The number of benzene rings is 1. The van der Waals surface area contributed by atoms with Gasteiger partial charge in [0, 0.05) is 6.92 Å². The molecule has 0 spiro atoms. The predicted molar refractivity (Wildman–Crippen MR) is 71.2 cm³/mol. The third kappa shape index (κ3) is 3.57. The molecule has 98 valence electrons. The molecule has 0 unspecified atom stereocenters. The molecule has 0 aliphatic carbocycles. The van der Waals surface area contributed by atoms with E-state index in [-0.39, 0.29) is 12.0 Å². The molecule has 18 heavy (non-hydrogen) atoms.